The van der Waals surface area contributed by atoms with E-state index in [2.05, 4.69) is 0 Å². The van der Waals surface area contributed by atoms with E-state index in [1.165, 1.54) is 0 Å². The highest BCUT2D eigenvalue weighted by atomic mass is 16.5. The molecule has 0 aromatic heterocycles. The Labute approximate surface area is 89.6 Å². The number of likely N-dealkylation sites (tertiary alicyclic amines) is 1. The normalized spacial score (nSPS) is 21.5. The molecule has 0 radical (unpaired) electrons. The van der Waals surface area contributed by atoms with E-state index in [0.29, 0.717) is 19.6 Å². The van der Waals surface area contributed by atoms with Gasteiger partial charge in [0.2, 0.25) is 5.91 Å². The Morgan fingerprint density at radius 3 is 2.87 bits per heavy atom. The fourth-order valence-corrected chi connectivity index (χ4v) is 1.88. The van der Waals surface area contributed by atoms with Crippen LogP contribution >= 0.6 is 0 Å². The minimum atomic E-state index is -0.295. The lowest BCUT2D eigenvalue weighted by molar-refractivity contribution is -0.143. The number of primary amides is 1. The Hall–Kier alpha value is -1.10. The van der Waals surface area contributed by atoms with E-state index >= 15 is 0 Å². The summed E-state index contributed by atoms with van der Waals surface area (Å²) in [5, 5.41) is 0. The molecule has 0 spiro atoms. The molecule has 0 aliphatic carbocycles. The predicted molar refractivity (Wildman–Crippen MR) is 55.0 cm³/mol. The number of nitrogens with zero attached hydrogens (tertiary/aromatic N) is 1. The molecule has 0 bridgehead atoms. The van der Waals surface area contributed by atoms with Gasteiger partial charge in [0.1, 0.15) is 0 Å². The summed E-state index contributed by atoms with van der Waals surface area (Å²) in [6.45, 7) is 3.58. The lowest BCUT2D eigenvalue weighted by atomic mass is 10.2. The highest BCUT2D eigenvalue weighted by Crippen LogP contribution is 2.16. The molecule has 1 atom stereocenters. The van der Waals surface area contributed by atoms with Crippen molar-refractivity contribution in [2.45, 2.75) is 32.2 Å². The third kappa shape index (κ3) is 3.51. The summed E-state index contributed by atoms with van der Waals surface area (Å²) in [4.78, 5) is 24.1. The number of carbonyl (C=O) groups is 2. The number of esters is 1. The Kier molecular flexibility index (Phi) is 4.55. The molecule has 1 saturated heterocycles. The SMILES string of the molecule is CCOC(=O)CCN1CCCC1C(N)=O. The van der Waals surface area contributed by atoms with Crippen molar-refractivity contribution in [3.63, 3.8) is 0 Å². The van der Waals surface area contributed by atoms with Crippen LogP contribution in [-0.2, 0) is 14.3 Å². The number of hydrogen-bond donors (Lipinski definition) is 1. The lowest BCUT2D eigenvalue weighted by Crippen LogP contribution is -2.41. The molecular weight excluding hydrogens is 196 g/mol. The zero-order valence-corrected chi connectivity index (χ0v) is 9.07. The zero-order chi connectivity index (χ0) is 11.3. The topological polar surface area (TPSA) is 72.6 Å². The van der Waals surface area contributed by atoms with Crippen molar-refractivity contribution in [1.82, 2.24) is 4.90 Å². The maximum Gasteiger partial charge on any atom is 0.307 e. The van der Waals surface area contributed by atoms with E-state index in [1.807, 2.05) is 4.90 Å². The van der Waals surface area contributed by atoms with Gasteiger partial charge in [-0.15, -0.1) is 0 Å². The van der Waals surface area contributed by atoms with E-state index in [0.717, 1.165) is 19.4 Å². The predicted octanol–water partition coefficient (Wildman–Crippen LogP) is -0.111. The van der Waals surface area contributed by atoms with Crippen molar-refractivity contribution in [2.75, 3.05) is 19.7 Å². The Morgan fingerprint density at radius 1 is 1.53 bits per heavy atom. The van der Waals surface area contributed by atoms with E-state index in [4.69, 9.17) is 10.5 Å². The molecular formula is C10H18N2O3. The second-order valence-corrected chi connectivity index (χ2v) is 3.65. The summed E-state index contributed by atoms with van der Waals surface area (Å²) in [6, 6.07) is -0.195. The van der Waals surface area contributed by atoms with Crippen LogP contribution in [0.15, 0.2) is 0 Å². The van der Waals surface area contributed by atoms with E-state index in [-0.39, 0.29) is 17.9 Å². The summed E-state index contributed by atoms with van der Waals surface area (Å²) in [5.74, 6) is -0.510. The third-order valence-electron chi connectivity index (χ3n) is 2.60. The van der Waals surface area contributed by atoms with Gasteiger partial charge in [-0.2, -0.15) is 0 Å². The van der Waals surface area contributed by atoms with Crippen molar-refractivity contribution in [3.8, 4) is 0 Å². The van der Waals surface area contributed by atoms with Crippen LogP contribution in [0.3, 0.4) is 0 Å². The molecule has 0 aromatic carbocycles. The first kappa shape index (κ1) is 12.0. The van der Waals surface area contributed by atoms with Gasteiger partial charge < -0.3 is 10.5 Å². The number of nitrogens with two attached hydrogens (primary N) is 1. The number of ether oxygens (including phenoxy) is 1. The van der Waals surface area contributed by atoms with E-state index < -0.39 is 0 Å². The van der Waals surface area contributed by atoms with Crippen molar-refractivity contribution >= 4 is 11.9 Å². The summed E-state index contributed by atoms with van der Waals surface area (Å²) < 4.78 is 4.82. The van der Waals surface area contributed by atoms with Gasteiger partial charge in [-0.3, -0.25) is 14.5 Å². The molecule has 2 N–H and O–H groups in total. The highest BCUT2D eigenvalue weighted by molar-refractivity contribution is 5.80. The average Bonchev–Trinajstić information content (AvgIpc) is 2.63. The minimum Gasteiger partial charge on any atom is -0.466 e. The summed E-state index contributed by atoms with van der Waals surface area (Å²) in [5.41, 5.74) is 5.26. The smallest absolute Gasteiger partial charge is 0.307 e. The summed E-state index contributed by atoms with van der Waals surface area (Å²) in [7, 11) is 0. The van der Waals surface area contributed by atoms with Gasteiger partial charge in [-0.25, -0.2) is 0 Å². The fourth-order valence-electron chi connectivity index (χ4n) is 1.88. The Bertz CT molecular complexity index is 243. The molecule has 1 fully saturated rings. The summed E-state index contributed by atoms with van der Waals surface area (Å²) in [6.07, 6.45) is 2.10. The van der Waals surface area contributed by atoms with Gasteiger partial charge in [0, 0.05) is 6.54 Å². The molecule has 1 aliphatic heterocycles. The van der Waals surface area contributed by atoms with Gasteiger partial charge in [0.15, 0.2) is 0 Å². The minimum absolute atomic E-state index is 0.195. The Balaban J connectivity index is 2.31. The molecule has 5 nitrogen and oxygen atoms in total. The zero-order valence-electron chi connectivity index (χ0n) is 9.07. The average molecular weight is 214 g/mol. The molecule has 1 heterocycles. The van der Waals surface area contributed by atoms with E-state index in [1.54, 1.807) is 6.92 Å². The number of hydrogen-bond acceptors (Lipinski definition) is 4. The quantitative estimate of drug-likeness (QED) is 0.648. The molecule has 0 saturated carbocycles. The maximum atomic E-state index is 11.1. The maximum absolute atomic E-state index is 11.1. The molecule has 5 heteroatoms. The van der Waals surface area contributed by atoms with Crippen LogP contribution in [0.4, 0.5) is 0 Å². The van der Waals surface area contributed by atoms with Crippen LogP contribution in [0.2, 0.25) is 0 Å². The number of amides is 1. The van der Waals surface area contributed by atoms with Crippen LogP contribution in [0.1, 0.15) is 26.2 Å². The second-order valence-electron chi connectivity index (χ2n) is 3.65. The van der Waals surface area contributed by atoms with Crippen molar-refractivity contribution in [1.29, 1.82) is 0 Å². The monoisotopic (exact) mass is 214 g/mol. The van der Waals surface area contributed by atoms with Crippen molar-refractivity contribution in [3.05, 3.63) is 0 Å². The molecule has 1 aliphatic rings. The van der Waals surface area contributed by atoms with Crippen LogP contribution in [0, 0.1) is 0 Å². The van der Waals surface area contributed by atoms with Crippen molar-refractivity contribution < 1.29 is 14.3 Å². The molecule has 1 unspecified atom stereocenters. The second kappa shape index (κ2) is 5.70. The molecule has 1 rings (SSSR count). The number of rotatable bonds is 5. The van der Waals surface area contributed by atoms with Crippen LogP contribution in [0.25, 0.3) is 0 Å². The third-order valence-corrected chi connectivity index (χ3v) is 2.60. The standard InChI is InChI=1S/C10H18N2O3/c1-2-15-9(13)5-7-12-6-3-4-8(12)10(11)14/h8H,2-7H2,1H3,(H2,11,14). The highest BCUT2D eigenvalue weighted by Gasteiger charge is 2.28. The molecule has 1 amide bonds. The van der Waals surface area contributed by atoms with Crippen LogP contribution in [-0.4, -0.2) is 42.5 Å². The molecule has 15 heavy (non-hydrogen) atoms. The van der Waals surface area contributed by atoms with Crippen molar-refractivity contribution in [2.24, 2.45) is 5.73 Å². The van der Waals surface area contributed by atoms with Crippen LogP contribution < -0.4 is 5.73 Å². The Morgan fingerprint density at radius 2 is 2.27 bits per heavy atom. The first-order valence-electron chi connectivity index (χ1n) is 5.34. The van der Waals surface area contributed by atoms with Gasteiger partial charge in [-0.1, -0.05) is 0 Å². The van der Waals surface area contributed by atoms with Gasteiger partial charge >= 0.3 is 5.97 Å². The largest absolute Gasteiger partial charge is 0.466 e. The first-order valence-corrected chi connectivity index (χ1v) is 5.34. The molecule has 0 aromatic rings. The molecule has 86 valence electrons. The summed E-state index contributed by atoms with van der Waals surface area (Å²) >= 11 is 0. The number of carbonyl (C=O) groups excluding carboxylic acids is 2. The fraction of sp³-hybridized carbons (Fsp3) is 0.800. The van der Waals surface area contributed by atoms with Gasteiger partial charge in [0.25, 0.3) is 0 Å². The lowest BCUT2D eigenvalue weighted by Gasteiger charge is -2.20. The van der Waals surface area contributed by atoms with Crippen LogP contribution in [0.5, 0.6) is 0 Å². The van der Waals surface area contributed by atoms with Gasteiger partial charge in [0.05, 0.1) is 19.1 Å². The van der Waals surface area contributed by atoms with E-state index in [9.17, 15) is 9.59 Å². The first-order chi connectivity index (χ1) is 7.15. The van der Waals surface area contributed by atoms with Gasteiger partial charge in [-0.05, 0) is 26.3 Å².